The summed E-state index contributed by atoms with van der Waals surface area (Å²) in [5.41, 5.74) is 0.548. The highest BCUT2D eigenvalue weighted by molar-refractivity contribution is 5.72. The van der Waals surface area contributed by atoms with E-state index in [1.165, 1.54) is 6.92 Å². The van der Waals surface area contributed by atoms with Gasteiger partial charge in [0.25, 0.3) is 0 Å². The van der Waals surface area contributed by atoms with Crippen molar-refractivity contribution >= 4 is 5.91 Å². The summed E-state index contributed by atoms with van der Waals surface area (Å²) in [5.74, 6) is -0.246. The molecule has 0 heterocycles. The van der Waals surface area contributed by atoms with E-state index in [1.54, 1.807) is 25.1 Å². The number of nitrogens with one attached hydrogen (secondary N) is 1. The van der Waals surface area contributed by atoms with Gasteiger partial charge >= 0.3 is 0 Å². The zero-order valence-corrected chi connectivity index (χ0v) is 8.84. The largest absolute Gasteiger partial charge is 0.489 e. The van der Waals surface area contributed by atoms with Crippen molar-refractivity contribution < 1.29 is 13.9 Å². The second-order valence-electron chi connectivity index (χ2n) is 3.22. The lowest BCUT2D eigenvalue weighted by Gasteiger charge is -2.08. The quantitative estimate of drug-likeness (QED) is 0.769. The molecule has 0 fully saturated rings. The lowest BCUT2D eigenvalue weighted by molar-refractivity contribution is -0.119. The summed E-state index contributed by atoms with van der Waals surface area (Å²) < 4.78 is 18.6. The van der Waals surface area contributed by atoms with Crippen LogP contribution in [0.25, 0.3) is 0 Å². The predicted molar refractivity (Wildman–Crippen MR) is 55.3 cm³/mol. The third-order valence-corrected chi connectivity index (χ3v) is 1.89. The molecule has 0 atom stereocenters. The van der Waals surface area contributed by atoms with Crippen molar-refractivity contribution in [2.24, 2.45) is 0 Å². The fourth-order valence-corrected chi connectivity index (χ4v) is 1.12. The summed E-state index contributed by atoms with van der Waals surface area (Å²) >= 11 is 0. The Morgan fingerprint density at radius 2 is 2.27 bits per heavy atom. The second kappa shape index (κ2) is 5.34. The third-order valence-electron chi connectivity index (χ3n) is 1.89. The van der Waals surface area contributed by atoms with Crippen molar-refractivity contribution in [3.63, 3.8) is 0 Å². The van der Waals surface area contributed by atoms with Crippen LogP contribution in [-0.4, -0.2) is 19.1 Å². The normalized spacial score (nSPS) is 9.80. The lowest BCUT2D eigenvalue weighted by Crippen LogP contribution is -2.25. The molecule has 1 aromatic carbocycles. The summed E-state index contributed by atoms with van der Waals surface area (Å²) in [7, 11) is 0. The first-order chi connectivity index (χ1) is 7.11. The first-order valence-electron chi connectivity index (χ1n) is 4.73. The van der Waals surface area contributed by atoms with Crippen molar-refractivity contribution in [2.45, 2.75) is 13.8 Å². The summed E-state index contributed by atoms with van der Waals surface area (Å²) in [6.45, 7) is 3.74. The fraction of sp³-hybridized carbons (Fsp3) is 0.364. The van der Waals surface area contributed by atoms with Crippen LogP contribution in [0, 0.1) is 12.7 Å². The SMILES string of the molecule is CC(=O)NCCOc1cccc(C)c1F. The minimum atomic E-state index is -0.347. The lowest BCUT2D eigenvalue weighted by atomic mass is 10.2. The van der Waals surface area contributed by atoms with Crippen molar-refractivity contribution in [1.82, 2.24) is 5.32 Å². The Hall–Kier alpha value is -1.58. The van der Waals surface area contributed by atoms with E-state index in [4.69, 9.17) is 4.74 Å². The van der Waals surface area contributed by atoms with Crippen LogP contribution in [0.15, 0.2) is 18.2 Å². The van der Waals surface area contributed by atoms with Crippen LogP contribution in [0.5, 0.6) is 5.75 Å². The zero-order valence-electron chi connectivity index (χ0n) is 8.84. The number of aryl methyl sites for hydroxylation is 1. The van der Waals surface area contributed by atoms with Crippen LogP contribution in [0.2, 0.25) is 0 Å². The first-order valence-corrected chi connectivity index (χ1v) is 4.73. The van der Waals surface area contributed by atoms with Gasteiger partial charge in [-0.15, -0.1) is 0 Å². The van der Waals surface area contributed by atoms with E-state index in [9.17, 15) is 9.18 Å². The zero-order chi connectivity index (χ0) is 11.3. The highest BCUT2D eigenvalue weighted by atomic mass is 19.1. The molecule has 3 nitrogen and oxygen atoms in total. The van der Waals surface area contributed by atoms with E-state index in [1.807, 2.05) is 0 Å². The van der Waals surface area contributed by atoms with Crippen molar-refractivity contribution in [3.05, 3.63) is 29.6 Å². The minimum Gasteiger partial charge on any atom is -0.489 e. The number of ether oxygens (including phenoxy) is 1. The maximum Gasteiger partial charge on any atom is 0.216 e. The van der Waals surface area contributed by atoms with Crippen LogP contribution in [0.3, 0.4) is 0 Å². The third kappa shape index (κ3) is 3.58. The Morgan fingerprint density at radius 1 is 1.53 bits per heavy atom. The molecule has 1 N–H and O–H groups in total. The molecule has 0 unspecified atom stereocenters. The molecule has 0 spiro atoms. The van der Waals surface area contributed by atoms with E-state index in [2.05, 4.69) is 5.32 Å². The molecular weight excluding hydrogens is 197 g/mol. The Kier molecular flexibility index (Phi) is 4.09. The molecule has 0 aliphatic heterocycles. The molecule has 4 heteroatoms. The van der Waals surface area contributed by atoms with Gasteiger partial charge in [-0.1, -0.05) is 12.1 Å². The van der Waals surface area contributed by atoms with E-state index in [0.717, 1.165) is 0 Å². The number of hydrogen-bond donors (Lipinski definition) is 1. The van der Waals surface area contributed by atoms with Gasteiger partial charge in [-0.3, -0.25) is 4.79 Å². The van der Waals surface area contributed by atoms with Gasteiger partial charge in [-0.25, -0.2) is 4.39 Å². The predicted octanol–water partition coefficient (Wildman–Crippen LogP) is 1.65. The van der Waals surface area contributed by atoms with Crippen LogP contribution in [0.4, 0.5) is 4.39 Å². The molecule has 0 saturated heterocycles. The summed E-state index contributed by atoms with van der Waals surface area (Å²) in [6.07, 6.45) is 0. The molecule has 0 bridgehead atoms. The van der Waals surface area contributed by atoms with Gasteiger partial charge in [0.1, 0.15) is 6.61 Å². The molecule has 1 amide bonds. The van der Waals surface area contributed by atoms with Crippen molar-refractivity contribution in [1.29, 1.82) is 0 Å². The van der Waals surface area contributed by atoms with Gasteiger partial charge in [0.2, 0.25) is 5.91 Å². The molecule has 0 saturated carbocycles. The molecule has 15 heavy (non-hydrogen) atoms. The maximum atomic E-state index is 13.4. The summed E-state index contributed by atoms with van der Waals surface area (Å²) in [6, 6.07) is 4.97. The Labute approximate surface area is 88.2 Å². The van der Waals surface area contributed by atoms with E-state index >= 15 is 0 Å². The van der Waals surface area contributed by atoms with Gasteiger partial charge in [0.05, 0.1) is 6.54 Å². The van der Waals surface area contributed by atoms with Crippen molar-refractivity contribution in [3.8, 4) is 5.75 Å². The first kappa shape index (κ1) is 11.5. The monoisotopic (exact) mass is 211 g/mol. The summed E-state index contributed by atoms with van der Waals surface area (Å²) in [4.78, 5) is 10.5. The molecule has 1 rings (SSSR count). The molecule has 82 valence electrons. The highest BCUT2D eigenvalue weighted by Crippen LogP contribution is 2.19. The minimum absolute atomic E-state index is 0.122. The number of rotatable bonds is 4. The van der Waals surface area contributed by atoms with E-state index in [0.29, 0.717) is 12.1 Å². The van der Waals surface area contributed by atoms with Crippen LogP contribution in [-0.2, 0) is 4.79 Å². The highest BCUT2D eigenvalue weighted by Gasteiger charge is 2.04. The van der Waals surface area contributed by atoms with E-state index in [-0.39, 0.29) is 24.1 Å². The van der Waals surface area contributed by atoms with Crippen molar-refractivity contribution in [2.75, 3.05) is 13.2 Å². The summed E-state index contributed by atoms with van der Waals surface area (Å²) in [5, 5.41) is 2.56. The number of benzene rings is 1. The number of carbonyl (C=O) groups excluding carboxylic acids is 1. The molecule has 0 radical (unpaired) electrons. The maximum absolute atomic E-state index is 13.4. The molecule has 0 aliphatic carbocycles. The van der Waals surface area contributed by atoms with Gasteiger partial charge in [0, 0.05) is 6.92 Å². The van der Waals surface area contributed by atoms with E-state index < -0.39 is 0 Å². The Balaban J connectivity index is 2.44. The average Bonchev–Trinajstić information content (AvgIpc) is 2.18. The molecule has 0 aromatic heterocycles. The van der Waals surface area contributed by atoms with Gasteiger partial charge in [0.15, 0.2) is 11.6 Å². The number of hydrogen-bond acceptors (Lipinski definition) is 2. The molecular formula is C11H14FNO2. The van der Waals surface area contributed by atoms with Crippen LogP contribution >= 0.6 is 0 Å². The number of carbonyl (C=O) groups is 1. The van der Waals surface area contributed by atoms with Gasteiger partial charge in [-0.05, 0) is 18.6 Å². The Morgan fingerprint density at radius 3 is 2.93 bits per heavy atom. The number of amides is 1. The average molecular weight is 211 g/mol. The topological polar surface area (TPSA) is 38.3 Å². The number of halogens is 1. The second-order valence-corrected chi connectivity index (χ2v) is 3.22. The van der Waals surface area contributed by atoms with Crippen LogP contribution in [0.1, 0.15) is 12.5 Å². The fourth-order valence-electron chi connectivity index (χ4n) is 1.12. The van der Waals surface area contributed by atoms with Crippen LogP contribution < -0.4 is 10.1 Å². The molecule has 0 aliphatic rings. The molecule has 1 aromatic rings. The standard InChI is InChI=1S/C11H14FNO2/c1-8-4-3-5-10(11(8)12)15-7-6-13-9(2)14/h3-5H,6-7H2,1-2H3,(H,13,14). The van der Waals surface area contributed by atoms with Gasteiger partial charge in [-0.2, -0.15) is 0 Å². The smallest absolute Gasteiger partial charge is 0.216 e. The van der Waals surface area contributed by atoms with Gasteiger partial charge < -0.3 is 10.1 Å². The Bertz CT molecular complexity index is 352.